The lowest BCUT2D eigenvalue weighted by molar-refractivity contribution is 0.0594. The van der Waals surface area contributed by atoms with Crippen LogP contribution in [0.25, 0.3) is 0 Å². The molecule has 1 heterocycles. The summed E-state index contributed by atoms with van der Waals surface area (Å²) in [5.74, 6) is -0.434. The molecule has 0 aliphatic carbocycles. The third kappa shape index (κ3) is 3.13. The van der Waals surface area contributed by atoms with Gasteiger partial charge in [-0.2, -0.15) is 5.26 Å². The van der Waals surface area contributed by atoms with Crippen LogP contribution in [0.2, 0.25) is 0 Å². The number of methoxy groups -OCH3 is 1. The first-order chi connectivity index (χ1) is 9.63. The lowest BCUT2D eigenvalue weighted by Gasteiger charge is -2.02. The molecule has 0 aliphatic rings. The number of nitrogens with zero attached hydrogens (tertiary/aromatic N) is 2. The maximum atomic E-state index is 11.5. The third-order valence-electron chi connectivity index (χ3n) is 2.66. The summed E-state index contributed by atoms with van der Waals surface area (Å²) in [6.07, 6.45) is 0.392. The molecule has 1 N–H and O–H groups in total. The molecule has 2 aromatic rings. The number of aromatic nitrogens is 1. The molecule has 0 unspecified atom stereocenters. The largest absolute Gasteiger partial charge is 0.464 e. The van der Waals surface area contributed by atoms with Crippen molar-refractivity contribution >= 4 is 28.1 Å². The van der Waals surface area contributed by atoms with Crippen molar-refractivity contribution in [1.29, 1.82) is 5.26 Å². The number of hydrogen-bond acceptors (Lipinski definition) is 6. The van der Waals surface area contributed by atoms with Crippen molar-refractivity contribution in [2.24, 2.45) is 0 Å². The molecule has 0 saturated heterocycles. The predicted octanol–water partition coefficient (Wildman–Crippen LogP) is 3.05. The first-order valence-electron chi connectivity index (χ1n) is 5.92. The van der Waals surface area contributed by atoms with Gasteiger partial charge in [-0.05, 0) is 24.6 Å². The van der Waals surface area contributed by atoms with E-state index in [1.54, 1.807) is 0 Å². The Hall–Kier alpha value is -2.39. The molecular formula is C14H13N3O2S. The zero-order chi connectivity index (χ0) is 14.5. The van der Waals surface area contributed by atoms with Gasteiger partial charge in [0.25, 0.3) is 0 Å². The van der Waals surface area contributed by atoms with Crippen LogP contribution in [0.1, 0.15) is 20.9 Å². The van der Waals surface area contributed by atoms with E-state index in [2.05, 4.69) is 21.1 Å². The number of aryl methyl sites for hydroxylation is 1. The summed E-state index contributed by atoms with van der Waals surface area (Å²) in [5, 5.41) is 12.4. The van der Waals surface area contributed by atoms with Gasteiger partial charge in [0.15, 0.2) is 10.8 Å². The molecule has 0 radical (unpaired) electrons. The number of thiazole rings is 1. The van der Waals surface area contributed by atoms with E-state index < -0.39 is 5.97 Å². The highest BCUT2D eigenvalue weighted by Crippen LogP contribution is 2.26. The molecule has 0 atom stereocenters. The van der Waals surface area contributed by atoms with Crippen LogP contribution in [-0.2, 0) is 11.2 Å². The predicted molar refractivity (Wildman–Crippen MR) is 77.2 cm³/mol. The number of carbonyl (C=O) groups excluding carboxylic acids is 1. The van der Waals surface area contributed by atoms with Crippen molar-refractivity contribution in [3.8, 4) is 6.07 Å². The van der Waals surface area contributed by atoms with Gasteiger partial charge in [0, 0.05) is 10.6 Å². The average Bonchev–Trinajstić information content (AvgIpc) is 2.81. The number of nitrogens with one attached hydrogen (secondary N) is 1. The lowest BCUT2D eigenvalue weighted by atomic mass is 10.1. The number of rotatable bonds is 4. The maximum absolute atomic E-state index is 11.5. The Morgan fingerprint density at radius 2 is 2.15 bits per heavy atom. The summed E-state index contributed by atoms with van der Waals surface area (Å²) in [5.41, 5.74) is 2.15. The van der Waals surface area contributed by atoms with Crippen LogP contribution in [0.5, 0.6) is 0 Å². The number of hydrogen-bond donors (Lipinski definition) is 1. The second-order valence-electron chi connectivity index (χ2n) is 4.07. The molecule has 102 valence electrons. The molecule has 0 spiro atoms. The summed E-state index contributed by atoms with van der Waals surface area (Å²) < 4.78 is 4.67. The Balaban J connectivity index is 2.14. The van der Waals surface area contributed by atoms with Crippen LogP contribution in [0, 0.1) is 18.3 Å². The zero-order valence-electron chi connectivity index (χ0n) is 11.1. The van der Waals surface area contributed by atoms with E-state index in [9.17, 15) is 4.79 Å². The van der Waals surface area contributed by atoms with E-state index in [1.165, 1.54) is 18.4 Å². The van der Waals surface area contributed by atoms with Crippen LogP contribution in [-0.4, -0.2) is 18.1 Å². The maximum Gasteiger partial charge on any atom is 0.357 e. The van der Waals surface area contributed by atoms with E-state index in [0.29, 0.717) is 17.2 Å². The van der Waals surface area contributed by atoms with E-state index in [1.807, 2.05) is 31.2 Å². The minimum absolute atomic E-state index is 0.334. The summed E-state index contributed by atoms with van der Waals surface area (Å²) in [6.45, 7) is 1.82. The van der Waals surface area contributed by atoms with Gasteiger partial charge in [0.1, 0.15) is 0 Å². The van der Waals surface area contributed by atoms with Crippen LogP contribution < -0.4 is 5.32 Å². The topological polar surface area (TPSA) is 75.0 Å². The van der Waals surface area contributed by atoms with Gasteiger partial charge in [0.2, 0.25) is 0 Å². The minimum atomic E-state index is -0.434. The van der Waals surface area contributed by atoms with Gasteiger partial charge in [0.05, 0.1) is 19.6 Å². The van der Waals surface area contributed by atoms with Crippen molar-refractivity contribution in [3.63, 3.8) is 0 Å². The van der Waals surface area contributed by atoms with Gasteiger partial charge in [-0.25, -0.2) is 9.78 Å². The van der Waals surface area contributed by atoms with Gasteiger partial charge in [-0.15, -0.1) is 11.3 Å². The minimum Gasteiger partial charge on any atom is -0.464 e. The number of anilines is 2. The molecule has 6 heteroatoms. The number of esters is 1. The van der Waals surface area contributed by atoms with E-state index >= 15 is 0 Å². The quantitative estimate of drug-likeness (QED) is 0.875. The molecule has 2 rings (SSSR count). The summed E-state index contributed by atoms with van der Waals surface area (Å²) in [6, 6.07) is 9.62. The highest BCUT2D eigenvalue weighted by atomic mass is 32.1. The number of benzene rings is 1. The van der Waals surface area contributed by atoms with Crippen LogP contribution in [0.3, 0.4) is 0 Å². The Labute approximate surface area is 120 Å². The fraction of sp³-hybridized carbons (Fsp3) is 0.214. The number of nitriles is 1. The SMILES string of the molecule is COC(=O)c1nc(Nc2ccc(CC#N)cc2)sc1C. The fourth-order valence-electron chi connectivity index (χ4n) is 1.66. The zero-order valence-corrected chi connectivity index (χ0v) is 12.0. The lowest BCUT2D eigenvalue weighted by Crippen LogP contribution is -2.03. The first kappa shape index (κ1) is 14.0. The molecular weight excluding hydrogens is 274 g/mol. The smallest absolute Gasteiger partial charge is 0.357 e. The highest BCUT2D eigenvalue weighted by molar-refractivity contribution is 7.15. The Morgan fingerprint density at radius 1 is 1.45 bits per heavy atom. The van der Waals surface area contributed by atoms with E-state index in [-0.39, 0.29) is 0 Å². The Morgan fingerprint density at radius 3 is 2.75 bits per heavy atom. The third-order valence-corrected chi connectivity index (χ3v) is 3.55. The van der Waals surface area contributed by atoms with E-state index in [0.717, 1.165) is 16.1 Å². The Kier molecular flexibility index (Phi) is 4.33. The van der Waals surface area contributed by atoms with Crippen molar-refractivity contribution in [3.05, 3.63) is 40.4 Å². The average molecular weight is 287 g/mol. The van der Waals surface area contributed by atoms with Crippen LogP contribution in [0.4, 0.5) is 10.8 Å². The fourth-order valence-corrected chi connectivity index (χ4v) is 2.48. The summed E-state index contributed by atoms with van der Waals surface area (Å²) in [7, 11) is 1.34. The molecule has 1 aromatic heterocycles. The standard InChI is InChI=1S/C14H13N3O2S/c1-9-12(13(18)19-2)17-14(20-9)16-11-5-3-10(4-6-11)7-8-15/h3-6H,7H2,1-2H3,(H,16,17). The summed E-state index contributed by atoms with van der Waals surface area (Å²) in [4.78, 5) is 16.5. The van der Waals surface area contributed by atoms with Crippen LogP contribution in [0.15, 0.2) is 24.3 Å². The molecule has 5 nitrogen and oxygen atoms in total. The summed E-state index contributed by atoms with van der Waals surface area (Å²) >= 11 is 1.39. The van der Waals surface area contributed by atoms with Gasteiger partial charge < -0.3 is 10.1 Å². The van der Waals surface area contributed by atoms with Crippen molar-refractivity contribution in [2.45, 2.75) is 13.3 Å². The normalized spacial score (nSPS) is 9.85. The Bertz CT molecular complexity index is 656. The van der Waals surface area contributed by atoms with Crippen molar-refractivity contribution in [2.75, 3.05) is 12.4 Å². The number of carbonyl (C=O) groups is 1. The van der Waals surface area contributed by atoms with Gasteiger partial charge in [-0.1, -0.05) is 12.1 Å². The van der Waals surface area contributed by atoms with E-state index in [4.69, 9.17) is 5.26 Å². The second kappa shape index (κ2) is 6.17. The number of ether oxygens (including phenoxy) is 1. The van der Waals surface area contributed by atoms with Crippen molar-refractivity contribution in [1.82, 2.24) is 4.98 Å². The molecule has 1 aromatic carbocycles. The first-order valence-corrected chi connectivity index (χ1v) is 6.74. The molecule has 0 amide bonds. The van der Waals surface area contributed by atoms with Gasteiger partial charge in [-0.3, -0.25) is 0 Å². The molecule has 0 bridgehead atoms. The molecule has 20 heavy (non-hydrogen) atoms. The molecule has 0 fully saturated rings. The van der Waals surface area contributed by atoms with Crippen molar-refractivity contribution < 1.29 is 9.53 Å². The van der Waals surface area contributed by atoms with Crippen LogP contribution >= 0.6 is 11.3 Å². The monoisotopic (exact) mass is 287 g/mol. The van der Waals surface area contributed by atoms with Gasteiger partial charge >= 0.3 is 5.97 Å². The molecule has 0 saturated carbocycles. The highest BCUT2D eigenvalue weighted by Gasteiger charge is 2.15. The molecule has 0 aliphatic heterocycles. The second-order valence-corrected chi connectivity index (χ2v) is 5.28.